The molecule has 4 heteroatoms. The van der Waals surface area contributed by atoms with Gasteiger partial charge in [-0.05, 0) is 33.4 Å². The molecule has 3 nitrogen and oxygen atoms in total. The molecule has 1 saturated heterocycles. The van der Waals surface area contributed by atoms with E-state index < -0.39 is 0 Å². The molecule has 0 radical (unpaired) electrons. The highest BCUT2D eigenvalue weighted by Gasteiger charge is 2.28. The van der Waals surface area contributed by atoms with Gasteiger partial charge >= 0.3 is 6.09 Å². The fraction of sp³-hybridized carbons (Fsp3) is 0.900. The van der Waals surface area contributed by atoms with E-state index in [0.717, 1.165) is 19.5 Å². The van der Waals surface area contributed by atoms with Gasteiger partial charge in [0.25, 0.3) is 0 Å². The Labute approximate surface area is 90.2 Å². The molecular weight excluding hydrogens is 198 g/mol. The normalized spacial score (nSPS) is 22.6. The lowest BCUT2D eigenvalue weighted by molar-refractivity contribution is 0.0295. The summed E-state index contributed by atoms with van der Waals surface area (Å²) in [5.41, 5.74) is -0.380. The van der Waals surface area contributed by atoms with Crippen LogP contribution in [-0.2, 0) is 4.74 Å². The highest BCUT2D eigenvalue weighted by atomic mass is 32.2. The van der Waals surface area contributed by atoms with Crippen LogP contribution in [0.1, 0.15) is 27.2 Å². The van der Waals surface area contributed by atoms with E-state index in [9.17, 15) is 4.79 Å². The highest BCUT2D eigenvalue weighted by Crippen LogP contribution is 2.21. The van der Waals surface area contributed by atoms with E-state index in [-0.39, 0.29) is 11.7 Å². The topological polar surface area (TPSA) is 29.5 Å². The van der Waals surface area contributed by atoms with Gasteiger partial charge in [-0.3, -0.25) is 0 Å². The molecule has 1 fully saturated rings. The number of carbonyl (C=O) groups is 1. The predicted octanol–water partition coefficient (Wildman–Crippen LogP) is 2.36. The van der Waals surface area contributed by atoms with E-state index in [2.05, 4.69) is 6.26 Å². The molecule has 0 N–H and O–H groups in total. The predicted molar refractivity (Wildman–Crippen MR) is 59.7 cm³/mol. The number of amides is 1. The third kappa shape index (κ3) is 3.40. The summed E-state index contributed by atoms with van der Waals surface area (Å²) in [6, 6.07) is 0. The lowest BCUT2D eigenvalue weighted by Gasteiger charge is -2.24. The average Bonchev–Trinajstić information content (AvgIpc) is 2.48. The van der Waals surface area contributed by atoms with Crippen LogP contribution in [0.5, 0.6) is 0 Å². The highest BCUT2D eigenvalue weighted by molar-refractivity contribution is 7.99. The van der Waals surface area contributed by atoms with Gasteiger partial charge in [-0.25, -0.2) is 4.79 Å². The van der Waals surface area contributed by atoms with Gasteiger partial charge in [0.05, 0.1) is 0 Å². The van der Waals surface area contributed by atoms with Crippen LogP contribution in [0, 0.1) is 0 Å². The van der Waals surface area contributed by atoms with Gasteiger partial charge in [-0.2, -0.15) is 11.8 Å². The zero-order chi connectivity index (χ0) is 10.8. The van der Waals surface area contributed by atoms with E-state index in [1.54, 1.807) is 4.90 Å². The van der Waals surface area contributed by atoms with E-state index in [4.69, 9.17) is 4.74 Å². The third-order valence-corrected chi connectivity index (χ3v) is 3.18. The van der Waals surface area contributed by atoms with E-state index in [0.29, 0.717) is 5.25 Å². The van der Waals surface area contributed by atoms with Crippen molar-refractivity contribution in [2.45, 2.75) is 38.0 Å². The zero-order valence-corrected chi connectivity index (χ0v) is 10.2. The first kappa shape index (κ1) is 11.7. The fourth-order valence-corrected chi connectivity index (χ4v) is 2.08. The van der Waals surface area contributed by atoms with Gasteiger partial charge < -0.3 is 9.64 Å². The summed E-state index contributed by atoms with van der Waals surface area (Å²) in [6.07, 6.45) is 3.00. The van der Waals surface area contributed by atoms with Crippen molar-refractivity contribution in [1.29, 1.82) is 0 Å². The minimum absolute atomic E-state index is 0.172. The van der Waals surface area contributed by atoms with Crippen LogP contribution >= 0.6 is 11.8 Å². The molecule has 0 spiro atoms. The van der Waals surface area contributed by atoms with Gasteiger partial charge in [0.15, 0.2) is 0 Å². The summed E-state index contributed by atoms with van der Waals surface area (Å²) in [6.45, 7) is 7.35. The minimum Gasteiger partial charge on any atom is -0.444 e. The van der Waals surface area contributed by atoms with Crippen LogP contribution in [0.2, 0.25) is 0 Å². The molecule has 0 aromatic carbocycles. The van der Waals surface area contributed by atoms with Gasteiger partial charge in [0.2, 0.25) is 0 Å². The number of likely N-dealkylation sites (tertiary alicyclic amines) is 1. The maximum Gasteiger partial charge on any atom is 0.410 e. The second-order valence-electron chi connectivity index (χ2n) is 4.57. The van der Waals surface area contributed by atoms with Crippen LogP contribution in [-0.4, -0.2) is 41.2 Å². The van der Waals surface area contributed by atoms with E-state index in [1.165, 1.54) is 0 Å². The van der Waals surface area contributed by atoms with Gasteiger partial charge in [0.1, 0.15) is 5.60 Å². The number of hydrogen-bond acceptors (Lipinski definition) is 3. The fourth-order valence-electron chi connectivity index (χ4n) is 1.41. The van der Waals surface area contributed by atoms with Crippen molar-refractivity contribution in [2.75, 3.05) is 19.3 Å². The summed E-state index contributed by atoms with van der Waals surface area (Å²) in [5, 5.41) is 0.586. The van der Waals surface area contributed by atoms with Crippen molar-refractivity contribution >= 4 is 17.9 Å². The number of nitrogens with zero attached hydrogens (tertiary/aromatic N) is 1. The first-order valence-electron chi connectivity index (χ1n) is 4.93. The van der Waals surface area contributed by atoms with Crippen molar-refractivity contribution in [3.63, 3.8) is 0 Å². The Morgan fingerprint density at radius 2 is 2.14 bits per heavy atom. The summed E-state index contributed by atoms with van der Waals surface area (Å²) in [5.74, 6) is 0. The Morgan fingerprint density at radius 3 is 2.57 bits per heavy atom. The molecule has 0 aromatic heterocycles. The molecule has 82 valence electrons. The average molecular weight is 217 g/mol. The SMILES string of the molecule is CS[C@@H]1CCN(C(=O)OC(C)(C)C)C1. The van der Waals surface area contributed by atoms with Gasteiger partial charge in [-0.1, -0.05) is 0 Å². The lowest BCUT2D eigenvalue weighted by atomic mass is 10.2. The first-order chi connectivity index (χ1) is 6.42. The van der Waals surface area contributed by atoms with Crippen LogP contribution in [0.25, 0.3) is 0 Å². The molecule has 0 aromatic rings. The smallest absolute Gasteiger partial charge is 0.410 e. The molecule has 0 aliphatic carbocycles. The molecule has 1 rings (SSSR count). The molecular formula is C10H19NO2S. The first-order valence-corrected chi connectivity index (χ1v) is 6.22. The Kier molecular flexibility index (Phi) is 3.70. The molecule has 14 heavy (non-hydrogen) atoms. The van der Waals surface area contributed by atoms with Crippen LogP contribution in [0.4, 0.5) is 4.79 Å². The quantitative estimate of drug-likeness (QED) is 0.675. The van der Waals surface area contributed by atoms with Crippen molar-refractivity contribution < 1.29 is 9.53 Å². The number of thioether (sulfide) groups is 1. The molecule has 0 bridgehead atoms. The lowest BCUT2D eigenvalue weighted by Crippen LogP contribution is -2.35. The largest absolute Gasteiger partial charge is 0.444 e. The Bertz CT molecular complexity index is 213. The number of rotatable bonds is 1. The van der Waals surface area contributed by atoms with Crippen molar-refractivity contribution in [1.82, 2.24) is 4.90 Å². The summed E-state index contributed by atoms with van der Waals surface area (Å²) < 4.78 is 5.29. The van der Waals surface area contributed by atoms with Crippen molar-refractivity contribution in [2.24, 2.45) is 0 Å². The van der Waals surface area contributed by atoms with Crippen molar-refractivity contribution in [3.05, 3.63) is 0 Å². The van der Waals surface area contributed by atoms with Crippen LogP contribution in [0.3, 0.4) is 0 Å². The van der Waals surface area contributed by atoms with Crippen LogP contribution in [0.15, 0.2) is 0 Å². The number of hydrogen-bond donors (Lipinski definition) is 0. The summed E-state index contributed by atoms with van der Waals surface area (Å²) in [7, 11) is 0. The number of carbonyl (C=O) groups excluding carboxylic acids is 1. The minimum atomic E-state index is -0.380. The molecule has 0 saturated carbocycles. The van der Waals surface area contributed by atoms with Gasteiger partial charge in [-0.15, -0.1) is 0 Å². The summed E-state index contributed by atoms with van der Waals surface area (Å²) in [4.78, 5) is 13.4. The van der Waals surface area contributed by atoms with E-state index in [1.807, 2.05) is 32.5 Å². The molecule has 1 aliphatic rings. The van der Waals surface area contributed by atoms with E-state index >= 15 is 0 Å². The molecule has 1 heterocycles. The standard InChI is InChI=1S/C10H19NO2S/c1-10(2,3)13-9(12)11-6-5-8(7-11)14-4/h8H,5-7H2,1-4H3/t8-/m1/s1. The van der Waals surface area contributed by atoms with Gasteiger partial charge in [0, 0.05) is 18.3 Å². The maximum atomic E-state index is 11.6. The van der Waals surface area contributed by atoms with Crippen LogP contribution < -0.4 is 0 Å². The maximum absolute atomic E-state index is 11.6. The third-order valence-electron chi connectivity index (χ3n) is 2.13. The number of ether oxygens (including phenoxy) is 1. The second-order valence-corrected chi connectivity index (χ2v) is 5.71. The Balaban J connectivity index is 2.40. The zero-order valence-electron chi connectivity index (χ0n) is 9.37. The second kappa shape index (κ2) is 4.43. The molecule has 0 unspecified atom stereocenters. The Morgan fingerprint density at radius 1 is 1.50 bits per heavy atom. The molecule has 1 amide bonds. The monoisotopic (exact) mass is 217 g/mol. The van der Waals surface area contributed by atoms with Crippen molar-refractivity contribution in [3.8, 4) is 0 Å². The summed E-state index contributed by atoms with van der Waals surface area (Å²) >= 11 is 1.82. The molecule has 1 atom stereocenters. The Hall–Kier alpha value is -0.380. The molecule has 1 aliphatic heterocycles.